The Labute approximate surface area is 301 Å². The van der Waals surface area contributed by atoms with Crippen LogP contribution >= 0.6 is 0 Å². The van der Waals surface area contributed by atoms with Crippen LogP contribution in [0.15, 0.2) is 109 Å². The van der Waals surface area contributed by atoms with E-state index >= 15 is 0 Å². The SMILES string of the molecule is Bc1c(B)c(B)c2c(-c3cccc4c3ccc3cc5ccccc5cc34)c3c(B)c(B)c(B)c(B)c3c(-c3cccc4ccccc34)c2c1B. The molecule has 0 saturated carbocycles. The third-order valence-electron chi connectivity index (χ3n) is 12.4. The smallest absolute Gasteiger partial charge is 0.101 e. The minimum absolute atomic E-state index is 1.28. The van der Waals surface area contributed by atoms with E-state index in [0.29, 0.717) is 0 Å². The molecular weight excluding hydrogens is 591 g/mol. The molecule has 0 unspecified atom stereocenters. The van der Waals surface area contributed by atoms with Crippen LogP contribution in [0, 0.1) is 0 Å². The van der Waals surface area contributed by atoms with E-state index in [1.807, 2.05) is 0 Å². The minimum Gasteiger partial charge on any atom is -0.101 e. The van der Waals surface area contributed by atoms with E-state index in [2.05, 4.69) is 172 Å². The van der Waals surface area contributed by atoms with Crippen molar-refractivity contribution in [1.82, 2.24) is 0 Å². The molecule has 0 N–H and O–H groups in total. The van der Waals surface area contributed by atoms with E-state index in [0.717, 1.165) is 0 Å². The van der Waals surface area contributed by atoms with E-state index in [4.69, 9.17) is 0 Å². The lowest BCUT2D eigenvalue weighted by Gasteiger charge is -2.29. The largest absolute Gasteiger partial charge is 0.139 e. The average Bonchev–Trinajstić information content (AvgIpc) is 3.15. The standard InChI is InChI=1S/C42H34B8/c43-35-31-29(26-13-5-10-19-7-3-4-11-23(19)26)32-34(38(46)42(50)40(48)36(32)44)30(33(31)37(45)41(49)39(35)47)27-14-6-12-24-25(27)16-15-22-17-20-8-1-2-9-21(20)18-28(22)24/h1-18H,43-50H2. The summed E-state index contributed by atoms with van der Waals surface area (Å²) in [4.78, 5) is 0. The maximum Gasteiger partial charge on any atom is 0.139 e. The minimum atomic E-state index is 1.28. The van der Waals surface area contributed by atoms with Crippen molar-refractivity contribution in [3.63, 3.8) is 0 Å². The summed E-state index contributed by atoms with van der Waals surface area (Å²) in [5.74, 6) is 0. The zero-order valence-corrected chi connectivity index (χ0v) is 30.4. The van der Waals surface area contributed by atoms with E-state index in [9.17, 15) is 0 Å². The first-order chi connectivity index (χ1) is 24.2. The first kappa shape index (κ1) is 31.1. The Morgan fingerprint density at radius 1 is 0.260 bits per heavy atom. The fourth-order valence-electron chi connectivity index (χ4n) is 9.11. The van der Waals surface area contributed by atoms with Crippen molar-refractivity contribution >= 4 is 171 Å². The van der Waals surface area contributed by atoms with Crippen molar-refractivity contribution in [3.05, 3.63) is 109 Å². The quantitative estimate of drug-likeness (QED) is 0.119. The van der Waals surface area contributed by atoms with Crippen LogP contribution in [0.4, 0.5) is 0 Å². The summed E-state index contributed by atoms with van der Waals surface area (Å²) in [6.07, 6.45) is 0. The summed E-state index contributed by atoms with van der Waals surface area (Å²) >= 11 is 0. The number of rotatable bonds is 2. The van der Waals surface area contributed by atoms with Gasteiger partial charge in [0.1, 0.15) is 62.8 Å². The highest BCUT2D eigenvalue weighted by atomic mass is 14.3. The molecule has 0 bridgehead atoms. The van der Waals surface area contributed by atoms with Crippen molar-refractivity contribution in [2.45, 2.75) is 0 Å². The topological polar surface area (TPSA) is 0 Å². The number of hydrogen-bond acceptors (Lipinski definition) is 0. The van der Waals surface area contributed by atoms with E-state index in [-0.39, 0.29) is 0 Å². The molecule has 0 spiro atoms. The van der Waals surface area contributed by atoms with Gasteiger partial charge in [0.2, 0.25) is 0 Å². The molecular formula is C42H34B8. The maximum absolute atomic E-state index is 2.39. The predicted octanol–water partition coefficient (Wildman–Crippen LogP) is -1.99. The number of benzene rings is 9. The highest BCUT2D eigenvalue weighted by Crippen LogP contribution is 2.45. The van der Waals surface area contributed by atoms with Gasteiger partial charge < -0.3 is 0 Å². The lowest BCUT2D eigenvalue weighted by atomic mass is 9.59. The van der Waals surface area contributed by atoms with Crippen LogP contribution < -0.4 is 43.7 Å². The van der Waals surface area contributed by atoms with Crippen molar-refractivity contribution in [1.29, 1.82) is 0 Å². The summed E-state index contributed by atoms with van der Waals surface area (Å²) in [5.41, 5.74) is 16.4. The van der Waals surface area contributed by atoms with Crippen LogP contribution in [0.1, 0.15) is 0 Å². The van der Waals surface area contributed by atoms with Gasteiger partial charge in [0.05, 0.1) is 0 Å². The molecule has 0 nitrogen and oxygen atoms in total. The lowest BCUT2D eigenvalue weighted by Crippen LogP contribution is -2.50. The van der Waals surface area contributed by atoms with Gasteiger partial charge in [-0.1, -0.05) is 119 Å². The third-order valence-corrected chi connectivity index (χ3v) is 12.4. The molecule has 50 heavy (non-hydrogen) atoms. The van der Waals surface area contributed by atoms with Crippen molar-refractivity contribution in [2.75, 3.05) is 0 Å². The van der Waals surface area contributed by atoms with Gasteiger partial charge in [-0.25, -0.2) is 0 Å². The molecule has 9 aromatic carbocycles. The number of fused-ring (bicyclic) bond motifs is 7. The van der Waals surface area contributed by atoms with Crippen LogP contribution in [0.5, 0.6) is 0 Å². The second-order valence-electron chi connectivity index (χ2n) is 14.7. The molecule has 0 aliphatic carbocycles. The molecule has 0 saturated heterocycles. The Morgan fingerprint density at radius 2 is 0.680 bits per heavy atom. The molecule has 0 amide bonds. The molecule has 9 rings (SSSR count). The molecule has 8 heteroatoms. The molecule has 0 radical (unpaired) electrons. The summed E-state index contributed by atoms with van der Waals surface area (Å²) in [7, 11) is 18.7. The first-order valence-electron chi connectivity index (χ1n) is 18.0. The molecule has 0 aliphatic heterocycles. The first-order valence-corrected chi connectivity index (χ1v) is 18.0. The Morgan fingerprint density at radius 3 is 1.24 bits per heavy atom. The van der Waals surface area contributed by atoms with Crippen molar-refractivity contribution in [2.24, 2.45) is 0 Å². The zero-order valence-electron chi connectivity index (χ0n) is 30.4. The molecule has 0 atom stereocenters. The summed E-state index contributed by atoms with van der Waals surface area (Å²) in [5, 5.41) is 15.9. The van der Waals surface area contributed by atoms with Crippen LogP contribution in [0.2, 0.25) is 0 Å². The van der Waals surface area contributed by atoms with Crippen LogP contribution in [0.25, 0.3) is 86.9 Å². The van der Waals surface area contributed by atoms with Gasteiger partial charge in [-0.2, -0.15) is 0 Å². The van der Waals surface area contributed by atoms with Gasteiger partial charge in [0, 0.05) is 0 Å². The monoisotopic (exact) mass is 626 g/mol. The molecule has 226 valence electrons. The van der Waals surface area contributed by atoms with E-state index in [1.54, 1.807) is 0 Å². The fourth-order valence-corrected chi connectivity index (χ4v) is 9.11. The van der Waals surface area contributed by atoms with Gasteiger partial charge in [0.25, 0.3) is 0 Å². The lowest BCUT2D eigenvalue weighted by molar-refractivity contribution is 1.73. The van der Waals surface area contributed by atoms with Crippen LogP contribution in [-0.2, 0) is 0 Å². The summed E-state index contributed by atoms with van der Waals surface area (Å²) < 4.78 is 0. The van der Waals surface area contributed by atoms with Crippen LogP contribution in [-0.4, -0.2) is 62.8 Å². The Bertz CT molecular complexity index is 2880. The van der Waals surface area contributed by atoms with Crippen LogP contribution in [0.3, 0.4) is 0 Å². The highest BCUT2D eigenvalue weighted by molar-refractivity contribution is 6.71. The molecule has 9 aromatic rings. The fraction of sp³-hybridized carbons (Fsp3) is 0. The second kappa shape index (κ2) is 11.3. The Balaban J connectivity index is 1.57. The van der Waals surface area contributed by atoms with Gasteiger partial charge in [0.15, 0.2) is 0 Å². The highest BCUT2D eigenvalue weighted by Gasteiger charge is 2.26. The Hall–Kier alpha value is -4.94. The van der Waals surface area contributed by atoms with Gasteiger partial charge in [-0.15, -0.1) is 21.9 Å². The summed E-state index contributed by atoms with van der Waals surface area (Å²) in [6, 6.07) is 40.9. The molecule has 0 aromatic heterocycles. The zero-order chi connectivity index (χ0) is 34.6. The Kier molecular flexibility index (Phi) is 7.02. The van der Waals surface area contributed by atoms with E-state index < -0.39 is 0 Å². The summed E-state index contributed by atoms with van der Waals surface area (Å²) in [6.45, 7) is 0. The van der Waals surface area contributed by atoms with E-state index in [1.165, 1.54) is 131 Å². The second-order valence-corrected chi connectivity index (χ2v) is 14.7. The van der Waals surface area contributed by atoms with Gasteiger partial charge >= 0.3 is 0 Å². The maximum atomic E-state index is 2.39. The third kappa shape index (κ3) is 4.24. The average molecular weight is 625 g/mol. The molecule has 0 heterocycles. The molecule has 0 aliphatic rings. The number of hydrogen-bond donors (Lipinski definition) is 0. The normalized spacial score (nSPS) is 11.8. The van der Waals surface area contributed by atoms with Crippen molar-refractivity contribution < 1.29 is 0 Å². The van der Waals surface area contributed by atoms with Gasteiger partial charge in [-0.05, 0) is 99.0 Å². The molecule has 0 fully saturated rings. The van der Waals surface area contributed by atoms with Gasteiger partial charge in [-0.3, -0.25) is 0 Å². The van der Waals surface area contributed by atoms with Crippen molar-refractivity contribution in [3.8, 4) is 22.3 Å². The predicted molar refractivity (Wildman–Crippen MR) is 248 cm³/mol.